The standard InChI is InChI=1S/C14H29NO2/c1-3-5-6-7-9-14(8-4-2)15-10-12-17-13-11-16/h4,14-16H,2-3,5-13H2,1H3. The topological polar surface area (TPSA) is 41.5 Å². The van der Waals surface area contributed by atoms with E-state index in [0.717, 1.165) is 13.0 Å². The van der Waals surface area contributed by atoms with Crippen LogP contribution in [0.2, 0.25) is 0 Å². The van der Waals surface area contributed by atoms with Crippen molar-refractivity contribution in [1.82, 2.24) is 5.32 Å². The molecule has 0 spiro atoms. The third kappa shape index (κ3) is 11.9. The van der Waals surface area contributed by atoms with Crippen LogP contribution in [0.15, 0.2) is 12.7 Å². The molecule has 0 rings (SSSR count). The van der Waals surface area contributed by atoms with Gasteiger partial charge in [-0.15, -0.1) is 6.58 Å². The van der Waals surface area contributed by atoms with Crippen LogP contribution in [-0.2, 0) is 4.74 Å². The second-order valence-electron chi connectivity index (χ2n) is 4.36. The van der Waals surface area contributed by atoms with Gasteiger partial charge in [-0.2, -0.15) is 0 Å². The van der Waals surface area contributed by atoms with Crippen molar-refractivity contribution in [1.29, 1.82) is 0 Å². The maximum absolute atomic E-state index is 8.57. The first kappa shape index (κ1) is 16.6. The fourth-order valence-electron chi connectivity index (χ4n) is 1.82. The highest BCUT2D eigenvalue weighted by atomic mass is 16.5. The summed E-state index contributed by atoms with van der Waals surface area (Å²) in [7, 11) is 0. The van der Waals surface area contributed by atoms with Crippen LogP contribution in [0.4, 0.5) is 0 Å². The molecule has 0 saturated carbocycles. The van der Waals surface area contributed by atoms with Gasteiger partial charge >= 0.3 is 0 Å². The monoisotopic (exact) mass is 243 g/mol. The molecule has 0 saturated heterocycles. The Kier molecular flexibility index (Phi) is 13.4. The van der Waals surface area contributed by atoms with Gasteiger partial charge in [0.1, 0.15) is 0 Å². The lowest BCUT2D eigenvalue weighted by molar-refractivity contribution is 0.0924. The highest BCUT2D eigenvalue weighted by molar-refractivity contribution is 4.77. The van der Waals surface area contributed by atoms with E-state index in [1.165, 1.54) is 32.1 Å². The van der Waals surface area contributed by atoms with Gasteiger partial charge < -0.3 is 15.2 Å². The second kappa shape index (κ2) is 13.7. The van der Waals surface area contributed by atoms with Crippen molar-refractivity contribution in [3.05, 3.63) is 12.7 Å². The van der Waals surface area contributed by atoms with E-state index in [9.17, 15) is 0 Å². The molecule has 102 valence electrons. The number of aliphatic hydroxyl groups is 1. The first-order valence-electron chi connectivity index (χ1n) is 6.88. The predicted octanol–water partition coefficient (Wildman–Crippen LogP) is 2.50. The zero-order valence-corrected chi connectivity index (χ0v) is 11.3. The minimum absolute atomic E-state index is 0.104. The number of rotatable bonds is 13. The molecule has 0 fully saturated rings. The molecule has 3 heteroatoms. The third-order valence-corrected chi connectivity index (χ3v) is 2.77. The summed E-state index contributed by atoms with van der Waals surface area (Å²) in [6, 6.07) is 0.530. The molecule has 3 nitrogen and oxygen atoms in total. The Bertz CT molecular complexity index is 162. The Morgan fingerprint density at radius 1 is 1.29 bits per heavy atom. The fourth-order valence-corrected chi connectivity index (χ4v) is 1.82. The number of unbranched alkanes of at least 4 members (excludes halogenated alkanes) is 3. The molecular formula is C14H29NO2. The Hall–Kier alpha value is -0.380. The van der Waals surface area contributed by atoms with Crippen LogP contribution in [-0.4, -0.2) is 37.5 Å². The highest BCUT2D eigenvalue weighted by Gasteiger charge is 2.05. The molecular weight excluding hydrogens is 214 g/mol. The fraction of sp³-hybridized carbons (Fsp3) is 0.857. The largest absolute Gasteiger partial charge is 0.394 e. The molecule has 0 radical (unpaired) electrons. The van der Waals surface area contributed by atoms with Crippen molar-refractivity contribution in [2.75, 3.05) is 26.4 Å². The Morgan fingerprint density at radius 2 is 2.12 bits per heavy atom. The normalized spacial score (nSPS) is 12.6. The Morgan fingerprint density at radius 3 is 2.76 bits per heavy atom. The minimum atomic E-state index is 0.104. The molecule has 0 amide bonds. The number of nitrogens with one attached hydrogen (secondary N) is 1. The molecule has 0 aliphatic carbocycles. The zero-order valence-electron chi connectivity index (χ0n) is 11.3. The van der Waals surface area contributed by atoms with Crippen LogP contribution in [0.25, 0.3) is 0 Å². The summed E-state index contributed by atoms with van der Waals surface area (Å²) in [4.78, 5) is 0. The van der Waals surface area contributed by atoms with Crippen LogP contribution in [0.1, 0.15) is 45.4 Å². The summed E-state index contributed by atoms with van der Waals surface area (Å²) in [5, 5.41) is 12.0. The molecule has 0 aromatic carbocycles. The molecule has 2 N–H and O–H groups in total. The molecule has 0 bridgehead atoms. The first-order valence-corrected chi connectivity index (χ1v) is 6.88. The minimum Gasteiger partial charge on any atom is -0.394 e. The van der Waals surface area contributed by atoms with Crippen molar-refractivity contribution < 1.29 is 9.84 Å². The van der Waals surface area contributed by atoms with E-state index in [2.05, 4.69) is 18.8 Å². The molecule has 1 unspecified atom stereocenters. The molecule has 1 atom stereocenters. The molecule has 0 heterocycles. The van der Waals surface area contributed by atoms with E-state index < -0.39 is 0 Å². The van der Waals surface area contributed by atoms with Gasteiger partial charge in [0.15, 0.2) is 0 Å². The number of hydrogen-bond acceptors (Lipinski definition) is 3. The summed E-state index contributed by atoms with van der Waals surface area (Å²) in [6.07, 6.45) is 9.45. The molecule has 0 aromatic rings. The highest BCUT2D eigenvalue weighted by Crippen LogP contribution is 2.08. The van der Waals surface area contributed by atoms with E-state index in [-0.39, 0.29) is 6.61 Å². The van der Waals surface area contributed by atoms with Crippen LogP contribution in [0.5, 0.6) is 0 Å². The van der Waals surface area contributed by atoms with Crippen LogP contribution >= 0.6 is 0 Å². The van der Waals surface area contributed by atoms with Gasteiger partial charge in [0.2, 0.25) is 0 Å². The molecule has 0 aromatic heterocycles. The maximum Gasteiger partial charge on any atom is 0.0698 e. The quantitative estimate of drug-likeness (QED) is 0.386. The van der Waals surface area contributed by atoms with Crippen LogP contribution < -0.4 is 5.32 Å². The van der Waals surface area contributed by atoms with E-state index >= 15 is 0 Å². The molecule has 0 aliphatic rings. The van der Waals surface area contributed by atoms with Gasteiger partial charge in [-0.25, -0.2) is 0 Å². The average molecular weight is 243 g/mol. The van der Waals surface area contributed by atoms with Crippen molar-refractivity contribution >= 4 is 0 Å². The van der Waals surface area contributed by atoms with Gasteiger partial charge in [0.05, 0.1) is 19.8 Å². The second-order valence-corrected chi connectivity index (χ2v) is 4.36. The lowest BCUT2D eigenvalue weighted by Gasteiger charge is -2.17. The molecule has 0 aliphatic heterocycles. The summed E-state index contributed by atoms with van der Waals surface area (Å²) in [6.45, 7) is 8.09. The van der Waals surface area contributed by atoms with Crippen molar-refractivity contribution in [2.24, 2.45) is 0 Å². The van der Waals surface area contributed by atoms with E-state index in [0.29, 0.717) is 19.3 Å². The number of ether oxygens (including phenoxy) is 1. The summed E-state index contributed by atoms with van der Waals surface area (Å²) < 4.78 is 5.22. The van der Waals surface area contributed by atoms with E-state index in [1.54, 1.807) is 0 Å². The summed E-state index contributed by atoms with van der Waals surface area (Å²) in [5.41, 5.74) is 0. The average Bonchev–Trinajstić information content (AvgIpc) is 2.34. The van der Waals surface area contributed by atoms with Crippen molar-refractivity contribution in [3.63, 3.8) is 0 Å². The maximum atomic E-state index is 8.57. The summed E-state index contributed by atoms with van der Waals surface area (Å²) >= 11 is 0. The Balaban J connectivity index is 3.48. The summed E-state index contributed by atoms with van der Waals surface area (Å²) in [5.74, 6) is 0. The van der Waals surface area contributed by atoms with E-state index in [1.807, 2.05) is 6.08 Å². The zero-order chi connectivity index (χ0) is 12.8. The van der Waals surface area contributed by atoms with E-state index in [4.69, 9.17) is 9.84 Å². The number of hydrogen-bond donors (Lipinski definition) is 2. The first-order chi connectivity index (χ1) is 8.35. The van der Waals surface area contributed by atoms with Crippen molar-refractivity contribution in [3.8, 4) is 0 Å². The van der Waals surface area contributed by atoms with Gasteiger partial charge in [0, 0.05) is 12.6 Å². The molecule has 17 heavy (non-hydrogen) atoms. The van der Waals surface area contributed by atoms with Gasteiger partial charge in [-0.3, -0.25) is 0 Å². The third-order valence-electron chi connectivity index (χ3n) is 2.77. The van der Waals surface area contributed by atoms with Gasteiger partial charge in [0.25, 0.3) is 0 Å². The predicted molar refractivity (Wildman–Crippen MR) is 73.3 cm³/mol. The van der Waals surface area contributed by atoms with Crippen LogP contribution in [0, 0.1) is 0 Å². The van der Waals surface area contributed by atoms with Gasteiger partial charge in [-0.1, -0.05) is 38.7 Å². The Labute approximate surface area is 106 Å². The van der Waals surface area contributed by atoms with Crippen molar-refractivity contribution in [2.45, 2.75) is 51.5 Å². The van der Waals surface area contributed by atoms with Gasteiger partial charge in [-0.05, 0) is 12.8 Å². The smallest absolute Gasteiger partial charge is 0.0698 e. The lowest BCUT2D eigenvalue weighted by Crippen LogP contribution is -2.31. The van der Waals surface area contributed by atoms with Crippen LogP contribution in [0.3, 0.4) is 0 Å². The SMILES string of the molecule is C=CCC(CCCCCC)NCCOCCO. The lowest BCUT2D eigenvalue weighted by atomic mass is 10.0. The number of aliphatic hydroxyl groups excluding tert-OH is 1.